The normalized spacial score (nSPS) is 18.6. The van der Waals surface area contributed by atoms with Gasteiger partial charge < -0.3 is 24.3 Å². The number of anilines is 2. The summed E-state index contributed by atoms with van der Waals surface area (Å²) in [5.74, 6) is 0.328. The van der Waals surface area contributed by atoms with Crippen LogP contribution in [0.3, 0.4) is 0 Å². The maximum Gasteiger partial charge on any atom is 0.318 e. The molecule has 1 saturated carbocycles. The van der Waals surface area contributed by atoms with E-state index in [9.17, 15) is 14.4 Å². The molecule has 3 aromatic rings. The van der Waals surface area contributed by atoms with E-state index in [1.54, 1.807) is 23.4 Å². The predicted octanol–water partition coefficient (Wildman–Crippen LogP) is 3.32. The summed E-state index contributed by atoms with van der Waals surface area (Å²) in [5.41, 5.74) is 2.57. The Bertz CT molecular complexity index is 1530. The number of carbonyl (C=O) groups is 1. The van der Waals surface area contributed by atoms with E-state index in [-0.39, 0.29) is 24.2 Å². The maximum atomic E-state index is 15.0. The van der Waals surface area contributed by atoms with Crippen molar-refractivity contribution >= 4 is 28.2 Å². The zero-order valence-electron chi connectivity index (χ0n) is 23.9. The summed E-state index contributed by atoms with van der Waals surface area (Å²) in [6.07, 6.45) is 8.00. The summed E-state index contributed by atoms with van der Waals surface area (Å²) in [7, 11) is 2.11. The van der Waals surface area contributed by atoms with Crippen LogP contribution in [0.1, 0.15) is 30.5 Å². The smallest absolute Gasteiger partial charge is 0.318 e. The van der Waals surface area contributed by atoms with Gasteiger partial charge in [0, 0.05) is 61.3 Å². The van der Waals surface area contributed by atoms with Crippen LogP contribution < -0.4 is 14.5 Å². The molecule has 1 atom stereocenters. The van der Waals surface area contributed by atoms with Gasteiger partial charge in [0.15, 0.2) is 0 Å². The number of fused-ring (bicyclic) bond motifs is 2. The number of ether oxygens (including phenoxy) is 1. The van der Waals surface area contributed by atoms with Crippen molar-refractivity contribution in [3.8, 4) is 12.1 Å². The predicted molar refractivity (Wildman–Crippen MR) is 158 cm³/mol. The number of nitrogens with zero attached hydrogens (tertiary/aromatic N) is 8. The number of aromatic nitrogens is 3. The molecule has 0 radical (unpaired) electrons. The van der Waals surface area contributed by atoms with Crippen LogP contribution in [0.25, 0.3) is 10.8 Å². The first-order valence-electron chi connectivity index (χ1n) is 14.5. The Morgan fingerprint density at radius 1 is 1.24 bits per heavy atom. The van der Waals surface area contributed by atoms with E-state index in [0.717, 1.165) is 34.7 Å². The number of benzene rings is 1. The van der Waals surface area contributed by atoms with Crippen LogP contribution in [0.15, 0.2) is 43.2 Å². The number of nitriles is 1. The maximum absolute atomic E-state index is 15.0. The second-order valence-electron chi connectivity index (χ2n) is 11.2. The molecule has 0 N–H and O–H groups in total. The minimum atomic E-state index is -0.279. The third-order valence-corrected chi connectivity index (χ3v) is 8.49. The molecule has 0 bridgehead atoms. The van der Waals surface area contributed by atoms with Crippen LogP contribution in [0.5, 0.6) is 6.01 Å². The summed E-state index contributed by atoms with van der Waals surface area (Å²) >= 11 is 0. The van der Waals surface area contributed by atoms with Crippen LogP contribution >= 0.6 is 0 Å². The SMILES string of the molecule is C=CC(=O)N1CCN(c2nc(OCCN(C)C3CC3)nc3c2CCN(c2cncc4cccc(F)c24)C3)C[C@@H]1CC#N. The van der Waals surface area contributed by atoms with E-state index in [2.05, 4.69) is 39.4 Å². The van der Waals surface area contributed by atoms with Gasteiger partial charge in [-0.05, 0) is 38.5 Å². The molecule has 1 saturated heterocycles. The standard InChI is InChI=1S/C31H35FN8O2/c1-3-28(41)40-14-13-39(19-23(40)9-11-33)30-24-10-12-38(27-18-34-17-21-5-4-6-25(32)29(21)27)20-26(24)35-31(36-30)42-16-15-37(2)22-7-8-22/h3-6,17-18,22-23H,1,7-10,12-16,19-20H2,2H3/t23-/m0/s1. The Hall–Kier alpha value is -4.30. The molecule has 2 fully saturated rings. The van der Waals surface area contributed by atoms with Gasteiger partial charge in [-0.15, -0.1) is 0 Å². The first kappa shape index (κ1) is 27.8. The Morgan fingerprint density at radius 2 is 2.10 bits per heavy atom. The first-order valence-corrected chi connectivity index (χ1v) is 14.5. The van der Waals surface area contributed by atoms with Crippen molar-refractivity contribution in [3.05, 3.63) is 60.3 Å². The zero-order valence-corrected chi connectivity index (χ0v) is 23.9. The number of rotatable bonds is 9. The van der Waals surface area contributed by atoms with Crippen molar-refractivity contribution in [1.82, 2.24) is 24.8 Å². The number of amides is 1. The van der Waals surface area contributed by atoms with E-state index in [1.807, 2.05) is 6.07 Å². The lowest BCUT2D eigenvalue weighted by Gasteiger charge is -2.42. The summed E-state index contributed by atoms with van der Waals surface area (Å²) in [6.45, 7) is 7.47. The molecular weight excluding hydrogens is 535 g/mol. The molecule has 1 aliphatic carbocycles. The number of halogens is 1. The van der Waals surface area contributed by atoms with Crippen LogP contribution in [0.4, 0.5) is 15.9 Å². The molecule has 2 aromatic heterocycles. The van der Waals surface area contributed by atoms with Gasteiger partial charge in [-0.25, -0.2) is 4.39 Å². The molecule has 0 unspecified atom stereocenters. The topological polar surface area (TPSA) is 102 Å². The second kappa shape index (κ2) is 11.9. The Kier molecular flexibility index (Phi) is 7.89. The number of hydrogen-bond donors (Lipinski definition) is 0. The fraction of sp³-hybridized carbons (Fsp3) is 0.452. The molecule has 1 aromatic carbocycles. The molecule has 218 valence electrons. The van der Waals surface area contributed by atoms with Crippen molar-refractivity contribution in [3.63, 3.8) is 0 Å². The van der Waals surface area contributed by atoms with Crippen LogP contribution in [-0.4, -0.2) is 89.1 Å². The van der Waals surface area contributed by atoms with E-state index < -0.39 is 0 Å². The van der Waals surface area contributed by atoms with Gasteiger partial charge in [0.2, 0.25) is 5.91 Å². The van der Waals surface area contributed by atoms with E-state index >= 15 is 0 Å². The van der Waals surface area contributed by atoms with Crippen molar-refractivity contribution in [1.29, 1.82) is 5.26 Å². The fourth-order valence-electron chi connectivity index (χ4n) is 6.05. The van der Waals surface area contributed by atoms with Crippen LogP contribution in [0.2, 0.25) is 0 Å². The van der Waals surface area contributed by atoms with Crippen molar-refractivity contribution < 1.29 is 13.9 Å². The summed E-state index contributed by atoms with van der Waals surface area (Å²) < 4.78 is 21.1. The van der Waals surface area contributed by atoms with Gasteiger partial charge in [0.1, 0.15) is 18.2 Å². The zero-order chi connectivity index (χ0) is 29.2. The van der Waals surface area contributed by atoms with Gasteiger partial charge in [0.05, 0.1) is 42.7 Å². The molecular formula is C31H35FN8O2. The summed E-state index contributed by atoms with van der Waals surface area (Å²) in [6, 6.07) is 7.92. The number of pyridine rings is 1. The van der Waals surface area contributed by atoms with E-state index in [1.165, 1.54) is 25.0 Å². The van der Waals surface area contributed by atoms with E-state index in [4.69, 9.17) is 14.7 Å². The lowest BCUT2D eigenvalue weighted by atomic mass is 10.0. The molecule has 0 spiro atoms. The molecule has 2 aliphatic heterocycles. The third kappa shape index (κ3) is 5.59. The summed E-state index contributed by atoms with van der Waals surface area (Å²) in [5, 5.41) is 10.8. The van der Waals surface area contributed by atoms with Gasteiger partial charge in [-0.1, -0.05) is 18.7 Å². The van der Waals surface area contributed by atoms with Gasteiger partial charge in [0.25, 0.3) is 0 Å². The molecule has 42 heavy (non-hydrogen) atoms. The van der Waals surface area contributed by atoms with Crippen molar-refractivity contribution in [2.75, 3.05) is 56.2 Å². The van der Waals surface area contributed by atoms with Gasteiger partial charge in [-0.2, -0.15) is 15.2 Å². The Labute approximate surface area is 245 Å². The lowest BCUT2D eigenvalue weighted by molar-refractivity contribution is -0.128. The highest BCUT2D eigenvalue weighted by Crippen LogP contribution is 2.35. The molecule has 11 heteroatoms. The average Bonchev–Trinajstić information content (AvgIpc) is 3.86. The second-order valence-corrected chi connectivity index (χ2v) is 11.2. The molecule has 10 nitrogen and oxygen atoms in total. The van der Waals surface area contributed by atoms with Gasteiger partial charge >= 0.3 is 6.01 Å². The number of likely N-dealkylation sites (N-methyl/N-ethyl adjacent to an activating group) is 1. The molecule has 4 heterocycles. The largest absolute Gasteiger partial charge is 0.462 e. The minimum absolute atomic E-state index is 0.171. The monoisotopic (exact) mass is 570 g/mol. The van der Waals surface area contributed by atoms with Crippen molar-refractivity contribution in [2.45, 2.75) is 44.3 Å². The first-order chi connectivity index (χ1) is 20.5. The molecule has 6 rings (SSSR count). The highest BCUT2D eigenvalue weighted by molar-refractivity contribution is 5.94. The number of carbonyl (C=O) groups excluding carboxylic acids is 1. The highest BCUT2D eigenvalue weighted by Gasteiger charge is 2.33. The van der Waals surface area contributed by atoms with Gasteiger partial charge in [-0.3, -0.25) is 9.78 Å². The Morgan fingerprint density at radius 3 is 2.88 bits per heavy atom. The molecule has 3 aliphatic rings. The highest BCUT2D eigenvalue weighted by atomic mass is 19.1. The quantitative estimate of drug-likeness (QED) is 0.359. The third-order valence-electron chi connectivity index (χ3n) is 8.49. The lowest BCUT2D eigenvalue weighted by Crippen LogP contribution is -2.55. The summed E-state index contributed by atoms with van der Waals surface area (Å²) in [4.78, 5) is 34.9. The van der Waals surface area contributed by atoms with Crippen LogP contribution in [0, 0.1) is 17.1 Å². The van der Waals surface area contributed by atoms with Crippen molar-refractivity contribution in [2.24, 2.45) is 0 Å². The van der Waals surface area contributed by atoms with Crippen LogP contribution in [-0.2, 0) is 17.8 Å². The minimum Gasteiger partial charge on any atom is -0.462 e. The average molecular weight is 571 g/mol. The Balaban J connectivity index is 1.31. The molecule has 1 amide bonds. The van der Waals surface area contributed by atoms with E-state index in [0.29, 0.717) is 63.2 Å². The number of hydrogen-bond acceptors (Lipinski definition) is 9. The number of piperazine rings is 1. The fourth-order valence-corrected chi connectivity index (χ4v) is 6.05.